The first kappa shape index (κ1) is 14.7. The first-order valence-corrected chi connectivity index (χ1v) is 7.17. The Hall–Kier alpha value is -1.75. The molecule has 0 aromatic carbocycles. The molecule has 108 valence electrons. The smallest absolute Gasteiger partial charge is 0.0676 e. The second-order valence-electron chi connectivity index (χ2n) is 5.14. The molecular weight excluding hydrogens is 250 g/mol. The van der Waals surface area contributed by atoms with Gasteiger partial charge < -0.3 is 5.73 Å². The summed E-state index contributed by atoms with van der Waals surface area (Å²) < 4.78 is 2.02. The Morgan fingerprint density at radius 2 is 1.90 bits per heavy atom. The topological polar surface area (TPSA) is 69.6 Å². The van der Waals surface area contributed by atoms with Crippen LogP contribution in [-0.4, -0.2) is 20.0 Å². The molecule has 0 aliphatic carbocycles. The second kappa shape index (κ2) is 6.13. The predicted molar refractivity (Wildman–Crippen MR) is 79.4 cm³/mol. The van der Waals surface area contributed by atoms with E-state index in [4.69, 9.17) is 5.73 Å². The van der Waals surface area contributed by atoms with Crippen LogP contribution in [0.1, 0.15) is 48.2 Å². The molecule has 0 spiro atoms. The third-order valence-corrected chi connectivity index (χ3v) is 3.47. The van der Waals surface area contributed by atoms with Crippen LogP contribution in [0, 0.1) is 13.8 Å². The molecule has 5 heteroatoms. The van der Waals surface area contributed by atoms with Gasteiger partial charge >= 0.3 is 0 Å². The van der Waals surface area contributed by atoms with E-state index in [2.05, 4.69) is 41.3 Å². The molecule has 5 nitrogen and oxygen atoms in total. The summed E-state index contributed by atoms with van der Waals surface area (Å²) in [6, 6.07) is 4.09. The van der Waals surface area contributed by atoms with Crippen LogP contribution in [0.25, 0.3) is 0 Å². The van der Waals surface area contributed by atoms with Crippen molar-refractivity contribution < 1.29 is 0 Å². The molecule has 0 amide bonds. The van der Waals surface area contributed by atoms with Crippen LogP contribution in [0.2, 0.25) is 0 Å². The summed E-state index contributed by atoms with van der Waals surface area (Å²) in [6.45, 7) is 9.00. The zero-order valence-electron chi connectivity index (χ0n) is 12.7. The molecule has 2 heterocycles. The standard InChI is InChI=1S/C15H23N5/c1-5-15-13(8-10(3)17-18-15)14(16)9-12-7-11(4)19-20(12)6-2/h7-8,14H,5-6,9,16H2,1-4H3. The van der Waals surface area contributed by atoms with Gasteiger partial charge in [-0.3, -0.25) is 4.68 Å². The molecule has 20 heavy (non-hydrogen) atoms. The molecule has 2 aromatic rings. The van der Waals surface area contributed by atoms with Crippen LogP contribution in [0.5, 0.6) is 0 Å². The van der Waals surface area contributed by atoms with Gasteiger partial charge in [0, 0.05) is 24.7 Å². The molecule has 0 fully saturated rings. The van der Waals surface area contributed by atoms with Crippen LogP contribution in [-0.2, 0) is 19.4 Å². The summed E-state index contributed by atoms with van der Waals surface area (Å²) in [5.74, 6) is 0. The zero-order valence-corrected chi connectivity index (χ0v) is 12.7. The first-order chi connectivity index (χ1) is 9.55. The second-order valence-corrected chi connectivity index (χ2v) is 5.14. The molecule has 2 aromatic heterocycles. The number of rotatable bonds is 5. The van der Waals surface area contributed by atoms with E-state index in [-0.39, 0.29) is 6.04 Å². The lowest BCUT2D eigenvalue weighted by Gasteiger charge is -2.16. The fourth-order valence-electron chi connectivity index (χ4n) is 2.50. The van der Waals surface area contributed by atoms with Crippen molar-refractivity contribution in [3.8, 4) is 0 Å². The lowest BCUT2D eigenvalue weighted by atomic mass is 10.00. The maximum absolute atomic E-state index is 6.40. The largest absolute Gasteiger partial charge is 0.324 e. The monoisotopic (exact) mass is 273 g/mol. The number of hydrogen-bond acceptors (Lipinski definition) is 4. The number of nitrogens with zero attached hydrogens (tertiary/aromatic N) is 4. The van der Waals surface area contributed by atoms with Gasteiger partial charge in [-0.25, -0.2) is 0 Å². The van der Waals surface area contributed by atoms with Gasteiger partial charge in [0.1, 0.15) is 0 Å². The van der Waals surface area contributed by atoms with Crippen molar-refractivity contribution in [1.82, 2.24) is 20.0 Å². The van der Waals surface area contributed by atoms with Crippen LogP contribution in [0.15, 0.2) is 12.1 Å². The molecule has 0 aliphatic rings. The Morgan fingerprint density at radius 3 is 2.55 bits per heavy atom. The van der Waals surface area contributed by atoms with E-state index < -0.39 is 0 Å². The van der Waals surface area contributed by atoms with E-state index in [1.165, 1.54) is 5.69 Å². The highest BCUT2D eigenvalue weighted by molar-refractivity contribution is 5.26. The van der Waals surface area contributed by atoms with Crippen LogP contribution < -0.4 is 5.73 Å². The van der Waals surface area contributed by atoms with E-state index in [1.54, 1.807) is 0 Å². The van der Waals surface area contributed by atoms with Crippen molar-refractivity contribution in [1.29, 1.82) is 0 Å². The Morgan fingerprint density at radius 1 is 1.15 bits per heavy atom. The molecule has 0 saturated heterocycles. The van der Waals surface area contributed by atoms with Gasteiger partial charge in [0.05, 0.1) is 17.1 Å². The summed E-state index contributed by atoms with van der Waals surface area (Å²) in [5, 5.41) is 12.8. The van der Waals surface area contributed by atoms with Crippen LogP contribution >= 0.6 is 0 Å². The van der Waals surface area contributed by atoms with Gasteiger partial charge in [-0.1, -0.05) is 6.92 Å². The normalized spacial score (nSPS) is 12.7. The minimum atomic E-state index is -0.0689. The third-order valence-electron chi connectivity index (χ3n) is 3.47. The summed E-state index contributed by atoms with van der Waals surface area (Å²) in [5.41, 5.74) is 11.6. The Kier molecular flexibility index (Phi) is 4.49. The third kappa shape index (κ3) is 3.04. The van der Waals surface area contributed by atoms with Gasteiger partial charge in [-0.2, -0.15) is 15.3 Å². The average Bonchev–Trinajstić information content (AvgIpc) is 2.78. The van der Waals surface area contributed by atoms with E-state index >= 15 is 0 Å². The molecule has 1 unspecified atom stereocenters. The van der Waals surface area contributed by atoms with Gasteiger partial charge in [-0.15, -0.1) is 0 Å². The van der Waals surface area contributed by atoms with Crippen molar-refractivity contribution in [2.75, 3.05) is 0 Å². The van der Waals surface area contributed by atoms with E-state index in [0.717, 1.165) is 42.0 Å². The molecule has 0 aliphatic heterocycles. The predicted octanol–water partition coefficient (Wildman–Crippen LogP) is 2.11. The fourth-order valence-corrected chi connectivity index (χ4v) is 2.50. The summed E-state index contributed by atoms with van der Waals surface area (Å²) in [7, 11) is 0. The molecule has 0 bridgehead atoms. The van der Waals surface area contributed by atoms with E-state index in [1.807, 2.05) is 18.5 Å². The summed E-state index contributed by atoms with van der Waals surface area (Å²) >= 11 is 0. The maximum atomic E-state index is 6.40. The number of hydrogen-bond donors (Lipinski definition) is 1. The van der Waals surface area contributed by atoms with Crippen molar-refractivity contribution in [3.63, 3.8) is 0 Å². The highest BCUT2D eigenvalue weighted by atomic mass is 15.3. The fraction of sp³-hybridized carbons (Fsp3) is 0.533. The molecule has 0 radical (unpaired) electrons. The van der Waals surface area contributed by atoms with Gasteiger partial charge in [-0.05, 0) is 44.9 Å². The van der Waals surface area contributed by atoms with Gasteiger partial charge in [0.2, 0.25) is 0 Å². The minimum Gasteiger partial charge on any atom is -0.324 e. The molecular formula is C15H23N5. The average molecular weight is 273 g/mol. The van der Waals surface area contributed by atoms with Crippen molar-refractivity contribution >= 4 is 0 Å². The molecule has 1 atom stereocenters. The quantitative estimate of drug-likeness (QED) is 0.906. The molecule has 2 N–H and O–H groups in total. The van der Waals surface area contributed by atoms with E-state index in [0.29, 0.717) is 0 Å². The van der Waals surface area contributed by atoms with Gasteiger partial charge in [0.25, 0.3) is 0 Å². The molecule has 0 saturated carbocycles. The van der Waals surface area contributed by atoms with Crippen molar-refractivity contribution in [2.45, 2.75) is 53.1 Å². The highest BCUT2D eigenvalue weighted by Gasteiger charge is 2.15. The van der Waals surface area contributed by atoms with Crippen molar-refractivity contribution in [2.24, 2.45) is 5.73 Å². The minimum absolute atomic E-state index is 0.0689. The Bertz CT molecular complexity index is 588. The zero-order chi connectivity index (χ0) is 14.7. The number of nitrogens with two attached hydrogens (primary N) is 1. The van der Waals surface area contributed by atoms with Crippen LogP contribution in [0.3, 0.4) is 0 Å². The molecule has 2 rings (SSSR count). The highest BCUT2D eigenvalue weighted by Crippen LogP contribution is 2.20. The lowest BCUT2D eigenvalue weighted by Crippen LogP contribution is -2.19. The summed E-state index contributed by atoms with van der Waals surface area (Å²) in [4.78, 5) is 0. The number of aromatic nitrogens is 4. The lowest BCUT2D eigenvalue weighted by molar-refractivity contribution is 0.583. The number of aryl methyl sites for hydroxylation is 4. The Labute approximate surface area is 120 Å². The SMILES string of the molecule is CCc1nnc(C)cc1C(N)Cc1cc(C)nn1CC. The summed E-state index contributed by atoms with van der Waals surface area (Å²) in [6.07, 6.45) is 1.62. The van der Waals surface area contributed by atoms with Crippen molar-refractivity contribution in [3.05, 3.63) is 40.5 Å². The Balaban J connectivity index is 2.27. The maximum Gasteiger partial charge on any atom is 0.0676 e. The van der Waals surface area contributed by atoms with E-state index in [9.17, 15) is 0 Å². The van der Waals surface area contributed by atoms with Gasteiger partial charge in [0.15, 0.2) is 0 Å². The first-order valence-electron chi connectivity index (χ1n) is 7.17. The van der Waals surface area contributed by atoms with Crippen LogP contribution in [0.4, 0.5) is 0 Å².